The Morgan fingerprint density at radius 2 is 1.74 bits per heavy atom. The summed E-state index contributed by atoms with van der Waals surface area (Å²) in [5.41, 5.74) is 1.73. The van der Waals surface area contributed by atoms with E-state index in [0.717, 1.165) is 0 Å². The lowest BCUT2D eigenvalue weighted by molar-refractivity contribution is -0.112. The van der Waals surface area contributed by atoms with Gasteiger partial charge in [0.05, 0.1) is 18.7 Å². The molecule has 2 aromatic rings. The van der Waals surface area contributed by atoms with Gasteiger partial charge in [-0.2, -0.15) is 10.5 Å². The van der Waals surface area contributed by atoms with Crippen molar-refractivity contribution in [3.05, 3.63) is 65.2 Å². The first kappa shape index (κ1) is 15.8. The van der Waals surface area contributed by atoms with Crippen molar-refractivity contribution in [2.75, 3.05) is 12.4 Å². The van der Waals surface area contributed by atoms with E-state index in [0.29, 0.717) is 22.6 Å². The van der Waals surface area contributed by atoms with Gasteiger partial charge in [0.1, 0.15) is 17.4 Å². The van der Waals surface area contributed by atoms with Gasteiger partial charge in [-0.25, -0.2) is 0 Å². The summed E-state index contributed by atoms with van der Waals surface area (Å²) in [5, 5.41) is 20.6. The summed E-state index contributed by atoms with van der Waals surface area (Å²) in [5.74, 6) is 0.179. The smallest absolute Gasteiger partial charge is 0.266 e. The standard InChI is InChI=1S/C18H13N3O2/c1-23-17-8-6-16(7-9-17)21-18(22)15(12-20)10-13-2-4-14(11-19)5-3-13/h2-10H,1H3,(H,21,22)/b15-10+. The SMILES string of the molecule is COc1ccc(NC(=O)/C(C#N)=C/c2ccc(C#N)cc2)cc1. The molecule has 0 aliphatic heterocycles. The van der Waals surface area contributed by atoms with Crippen LogP contribution in [0.1, 0.15) is 11.1 Å². The molecule has 0 aliphatic rings. The minimum Gasteiger partial charge on any atom is -0.497 e. The van der Waals surface area contributed by atoms with Crippen molar-refractivity contribution < 1.29 is 9.53 Å². The molecule has 0 saturated heterocycles. The van der Waals surface area contributed by atoms with Crippen LogP contribution in [0.3, 0.4) is 0 Å². The van der Waals surface area contributed by atoms with E-state index >= 15 is 0 Å². The summed E-state index contributed by atoms with van der Waals surface area (Å²) in [6.45, 7) is 0. The topological polar surface area (TPSA) is 85.9 Å². The Morgan fingerprint density at radius 1 is 1.09 bits per heavy atom. The Kier molecular flexibility index (Phi) is 5.12. The number of ether oxygens (including phenoxy) is 1. The zero-order chi connectivity index (χ0) is 16.7. The van der Waals surface area contributed by atoms with Crippen LogP contribution in [0.15, 0.2) is 54.1 Å². The lowest BCUT2D eigenvalue weighted by Gasteiger charge is -2.05. The maximum atomic E-state index is 12.1. The van der Waals surface area contributed by atoms with Gasteiger partial charge in [0, 0.05) is 5.69 Å². The van der Waals surface area contributed by atoms with Gasteiger partial charge >= 0.3 is 0 Å². The van der Waals surface area contributed by atoms with Crippen LogP contribution < -0.4 is 10.1 Å². The minimum absolute atomic E-state index is 0.0227. The highest BCUT2D eigenvalue weighted by Crippen LogP contribution is 2.16. The molecular weight excluding hydrogens is 290 g/mol. The zero-order valence-electron chi connectivity index (χ0n) is 12.4. The Labute approximate surface area is 134 Å². The van der Waals surface area contributed by atoms with Gasteiger partial charge < -0.3 is 10.1 Å². The van der Waals surface area contributed by atoms with E-state index in [-0.39, 0.29) is 5.57 Å². The highest BCUT2D eigenvalue weighted by atomic mass is 16.5. The molecule has 1 amide bonds. The van der Waals surface area contributed by atoms with E-state index in [4.69, 9.17) is 15.3 Å². The third kappa shape index (κ3) is 4.20. The average Bonchev–Trinajstić information content (AvgIpc) is 2.60. The van der Waals surface area contributed by atoms with Crippen molar-refractivity contribution in [1.82, 2.24) is 0 Å². The number of benzene rings is 2. The van der Waals surface area contributed by atoms with Crippen LogP contribution in [0.4, 0.5) is 5.69 Å². The van der Waals surface area contributed by atoms with Crippen LogP contribution in [0.5, 0.6) is 5.75 Å². The third-order valence-corrected chi connectivity index (χ3v) is 3.06. The molecule has 2 aromatic carbocycles. The van der Waals surface area contributed by atoms with Crippen LogP contribution in [0.2, 0.25) is 0 Å². The van der Waals surface area contributed by atoms with Crippen molar-refractivity contribution in [3.63, 3.8) is 0 Å². The number of rotatable bonds is 4. The molecule has 0 radical (unpaired) electrons. The molecule has 2 rings (SSSR count). The molecule has 0 atom stereocenters. The Hall–Kier alpha value is -3.57. The number of methoxy groups -OCH3 is 1. The van der Waals surface area contributed by atoms with Gasteiger partial charge in [-0.05, 0) is 48.0 Å². The number of nitrogens with zero attached hydrogens (tertiary/aromatic N) is 2. The van der Waals surface area contributed by atoms with Gasteiger partial charge in [-0.1, -0.05) is 12.1 Å². The van der Waals surface area contributed by atoms with E-state index in [1.165, 1.54) is 6.08 Å². The van der Waals surface area contributed by atoms with Gasteiger partial charge in [0.2, 0.25) is 0 Å². The summed E-state index contributed by atoms with van der Waals surface area (Å²) >= 11 is 0. The van der Waals surface area contributed by atoms with Gasteiger partial charge in [-0.15, -0.1) is 0 Å². The molecular formula is C18H13N3O2. The van der Waals surface area contributed by atoms with Crippen LogP contribution in [-0.2, 0) is 4.79 Å². The Bertz CT molecular complexity index is 807. The van der Waals surface area contributed by atoms with Crippen molar-refractivity contribution >= 4 is 17.7 Å². The lowest BCUT2D eigenvalue weighted by Crippen LogP contribution is -2.13. The van der Waals surface area contributed by atoms with E-state index < -0.39 is 5.91 Å². The first-order valence-corrected chi connectivity index (χ1v) is 6.73. The Balaban J connectivity index is 2.15. The normalized spacial score (nSPS) is 10.3. The van der Waals surface area contributed by atoms with Crippen LogP contribution >= 0.6 is 0 Å². The summed E-state index contributed by atoms with van der Waals surface area (Å²) in [4.78, 5) is 12.1. The lowest BCUT2D eigenvalue weighted by atomic mass is 10.1. The number of hydrogen-bond donors (Lipinski definition) is 1. The molecule has 0 heterocycles. The van der Waals surface area contributed by atoms with Gasteiger partial charge in [0.15, 0.2) is 0 Å². The van der Waals surface area contributed by atoms with Crippen molar-refractivity contribution in [2.24, 2.45) is 0 Å². The van der Waals surface area contributed by atoms with E-state index in [1.807, 2.05) is 12.1 Å². The van der Waals surface area contributed by atoms with E-state index in [1.54, 1.807) is 55.6 Å². The Morgan fingerprint density at radius 3 is 2.26 bits per heavy atom. The van der Waals surface area contributed by atoms with Crippen molar-refractivity contribution in [1.29, 1.82) is 10.5 Å². The summed E-state index contributed by atoms with van der Waals surface area (Å²) in [7, 11) is 1.56. The molecule has 0 aliphatic carbocycles. The highest BCUT2D eigenvalue weighted by Gasteiger charge is 2.09. The second-order valence-electron chi connectivity index (χ2n) is 4.59. The zero-order valence-corrected chi connectivity index (χ0v) is 12.4. The van der Waals surface area contributed by atoms with Crippen LogP contribution in [-0.4, -0.2) is 13.0 Å². The summed E-state index contributed by atoms with van der Waals surface area (Å²) in [6, 6.07) is 17.3. The first-order valence-electron chi connectivity index (χ1n) is 6.73. The second-order valence-corrected chi connectivity index (χ2v) is 4.59. The molecule has 0 saturated carbocycles. The molecule has 5 nitrogen and oxygen atoms in total. The number of amides is 1. The van der Waals surface area contributed by atoms with Gasteiger partial charge in [0.25, 0.3) is 5.91 Å². The first-order chi connectivity index (χ1) is 11.2. The fourth-order valence-electron chi connectivity index (χ4n) is 1.84. The number of nitriles is 2. The van der Waals surface area contributed by atoms with E-state index in [9.17, 15) is 4.79 Å². The van der Waals surface area contributed by atoms with Crippen molar-refractivity contribution in [2.45, 2.75) is 0 Å². The number of hydrogen-bond acceptors (Lipinski definition) is 4. The highest BCUT2D eigenvalue weighted by molar-refractivity contribution is 6.09. The fourth-order valence-corrected chi connectivity index (χ4v) is 1.84. The second kappa shape index (κ2) is 7.44. The number of carbonyl (C=O) groups is 1. The summed E-state index contributed by atoms with van der Waals surface area (Å²) < 4.78 is 5.04. The van der Waals surface area contributed by atoms with Crippen molar-refractivity contribution in [3.8, 4) is 17.9 Å². The van der Waals surface area contributed by atoms with E-state index in [2.05, 4.69) is 5.32 Å². The number of nitrogens with one attached hydrogen (secondary N) is 1. The largest absolute Gasteiger partial charge is 0.497 e. The number of anilines is 1. The fraction of sp³-hybridized carbons (Fsp3) is 0.0556. The molecule has 5 heteroatoms. The average molecular weight is 303 g/mol. The third-order valence-electron chi connectivity index (χ3n) is 3.06. The molecule has 0 spiro atoms. The molecule has 112 valence electrons. The van der Waals surface area contributed by atoms with Gasteiger partial charge in [-0.3, -0.25) is 4.79 Å². The van der Waals surface area contributed by atoms with Crippen LogP contribution in [0.25, 0.3) is 6.08 Å². The quantitative estimate of drug-likeness (QED) is 0.694. The van der Waals surface area contributed by atoms with Crippen LogP contribution in [0, 0.1) is 22.7 Å². The molecule has 0 aromatic heterocycles. The molecule has 0 fully saturated rings. The maximum absolute atomic E-state index is 12.1. The molecule has 23 heavy (non-hydrogen) atoms. The minimum atomic E-state index is -0.498. The molecule has 1 N–H and O–H groups in total. The monoisotopic (exact) mass is 303 g/mol. The molecule has 0 bridgehead atoms. The molecule has 0 unspecified atom stereocenters. The predicted octanol–water partition coefficient (Wildman–Crippen LogP) is 3.11. The maximum Gasteiger partial charge on any atom is 0.266 e. The summed E-state index contributed by atoms with van der Waals surface area (Å²) in [6.07, 6.45) is 1.47. The predicted molar refractivity (Wildman–Crippen MR) is 86.4 cm³/mol. The number of carbonyl (C=O) groups excluding carboxylic acids is 1.